The van der Waals surface area contributed by atoms with Gasteiger partial charge in [0.2, 0.25) is 0 Å². The molecule has 0 saturated carbocycles. The molecule has 0 aliphatic carbocycles. The minimum Gasteiger partial charge on any atom is -0.489 e. The van der Waals surface area contributed by atoms with Crippen molar-refractivity contribution >= 4 is 9.84 Å². The Balaban J connectivity index is 2.01. The molecule has 0 amide bonds. The SMILES string of the molecule is O=S1(=O)CC[C@@H](Oc2ccccc2)C1. The lowest BCUT2D eigenvalue weighted by atomic mass is 10.3. The molecule has 4 heteroatoms. The van der Waals surface area contributed by atoms with Crippen molar-refractivity contribution in [3.8, 4) is 5.75 Å². The third kappa shape index (κ3) is 2.26. The van der Waals surface area contributed by atoms with Gasteiger partial charge in [0, 0.05) is 0 Å². The average Bonchev–Trinajstić information content (AvgIpc) is 2.47. The van der Waals surface area contributed by atoms with Crippen LogP contribution in [0.4, 0.5) is 0 Å². The highest BCUT2D eigenvalue weighted by Crippen LogP contribution is 2.18. The number of hydrogen-bond acceptors (Lipinski definition) is 3. The number of rotatable bonds is 2. The summed E-state index contributed by atoms with van der Waals surface area (Å²) in [6, 6.07) is 9.33. The first-order valence-corrected chi connectivity index (χ1v) is 6.40. The molecule has 76 valence electrons. The Labute approximate surface area is 83.6 Å². The van der Waals surface area contributed by atoms with Crippen LogP contribution in [-0.2, 0) is 9.84 Å². The molecule has 0 radical (unpaired) electrons. The predicted molar refractivity (Wildman–Crippen MR) is 54.1 cm³/mol. The second-order valence-corrected chi connectivity index (χ2v) is 5.68. The third-order valence-electron chi connectivity index (χ3n) is 2.24. The maximum atomic E-state index is 11.2. The first kappa shape index (κ1) is 9.52. The van der Waals surface area contributed by atoms with E-state index in [0.29, 0.717) is 6.42 Å². The smallest absolute Gasteiger partial charge is 0.154 e. The molecule has 0 unspecified atom stereocenters. The van der Waals surface area contributed by atoms with Gasteiger partial charge < -0.3 is 4.74 Å². The van der Waals surface area contributed by atoms with Crippen LogP contribution in [0, 0.1) is 0 Å². The normalized spacial score (nSPS) is 24.7. The lowest BCUT2D eigenvalue weighted by Gasteiger charge is -2.10. The van der Waals surface area contributed by atoms with Crippen molar-refractivity contribution in [1.82, 2.24) is 0 Å². The zero-order chi connectivity index (χ0) is 10.0. The molecule has 0 bridgehead atoms. The molecule has 1 heterocycles. The van der Waals surface area contributed by atoms with Gasteiger partial charge in [0.25, 0.3) is 0 Å². The van der Waals surface area contributed by atoms with Crippen molar-refractivity contribution in [2.75, 3.05) is 11.5 Å². The van der Waals surface area contributed by atoms with Gasteiger partial charge in [0.15, 0.2) is 9.84 Å². The summed E-state index contributed by atoms with van der Waals surface area (Å²) in [5.41, 5.74) is 0. The van der Waals surface area contributed by atoms with Crippen molar-refractivity contribution in [1.29, 1.82) is 0 Å². The third-order valence-corrected chi connectivity index (χ3v) is 3.97. The van der Waals surface area contributed by atoms with E-state index in [2.05, 4.69) is 0 Å². The van der Waals surface area contributed by atoms with Crippen molar-refractivity contribution in [2.24, 2.45) is 0 Å². The Kier molecular flexibility index (Phi) is 2.46. The van der Waals surface area contributed by atoms with E-state index in [1.165, 1.54) is 0 Å². The van der Waals surface area contributed by atoms with E-state index in [4.69, 9.17) is 4.74 Å². The molecule has 1 aromatic carbocycles. The second kappa shape index (κ2) is 3.61. The van der Waals surface area contributed by atoms with Crippen LogP contribution in [0.5, 0.6) is 5.75 Å². The van der Waals surface area contributed by atoms with Gasteiger partial charge in [-0.15, -0.1) is 0 Å². The average molecular weight is 212 g/mol. The van der Waals surface area contributed by atoms with Gasteiger partial charge in [0.1, 0.15) is 11.9 Å². The van der Waals surface area contributed by atoms with Crippen LogP contribution in [-0.4, -0.2) is 26.0 Å². The predicted octanol–water partition coefficient (Wildman–Crippen LogP) is 1.25. The van der Waals surface area contributed by atoms with E-state index in [1.54, 1.807) is 0 Å². The van der Waals surface area contributed by atoms with E-state index in [0.717, 1.165) is 5.75 Å². The maximum Gasteiger partial charge on any atom is 0.154 e. The Bertz CT molecular complexity index is 397. The molecular weight excluding hydrogens is 200 g/mol. The summed E-state index contributed by atoms with van der Waals surface area (Å²) in [7, 11) is -2.84. The number of hydrogen-bond donors (Lipinski definition) is 0. The molecule has 1 aliphatic heterocycles. The summed E-state index contributed by atoms with van der Waals surface area (Å²) in [5, 5.41) is 0. The van der Waals surface area contributed by atoms with E-state index in [9.17, 15) is 8.42 Å². The van der Waals surface area contributed by atoms with Gasteiger partial charge in [-0.3, -0.25) is 0 Å². The number of para-hydroxylation sites is 1. The van der Waals surface area contributed by atoms with Gasteiger partial charge in [-0.1, -0.05) is 18.2 Å². The van der Waals surface area contributed by atoms with Gasteiger partial charge in [0.05, 0.1) is 11.5 Å². The van der Waals surface area contributed by atoms with E-state index in [-0.39, 0.29) is 17.6 Å². The number of benzene rings is 1. The Morgan fingerprint density at radius 3 is 2.50 bits per heavy atom. The Morgan fingerprint density at radius 1 is 1.21 bits per heavy atom. The summed E-state index contributed by atoms with van der Waals surface area (Å²) in [6.45, 7) is 0. The molecule has 0 N–H and O–H groups in total. The number of ether oxygens (including phenoxy) is 1. The lowest BCUT2D eigenvalue weighted by Crippen LogP contribution is -2.17. The van der Waals surface area contributed by atoms with Crippen molar-refractivity contribution < 1.29 is 13.2 Å². The van der Waals surface area contributed by atoms with E-state index in [1.807, 2.05) is 30.3 Å². The van der Waals surface area contributed by atoms with Crippen LogP contribution < -0.4 is 4.74 Å². The summed E-state index contributed by atoms with van der Waals surface area (Å²) in [4.78, 5) is 0. The second-order valence-electron chi connectivity index (χ2n) is 3.46. The fourth-order valence-electron chi connectivity index (χ4n) is 1.55. The molecule has 2 rings (SSSR count). The van der Waals surface area contributed by atoms with E-state index >= 15 is 0 Å². The molecule has 1 aromatic rings. The van der Waals surface area contributed by atoms with Crippen molar-refractivity contribution in [2.45, 2.75) is 12.5 Å². The standard InChI is InChI=1S/C10H12O3S/c11-14(12)7-6-10(8-14)13-9-4-2-1-3-5-9/h1-5,10H,6-8H2/t10-/m1/s1. The Hall–Kier alpha value is -1.03. The summed E-state index contributed by atoms with van der Waals surface area (Å²) < 4.78 is 27.8. The largest absolute Gasteiger partial charge is 0.489 e. The molecular formula is C10H12O3S. The van der Waals surface area contributed by atoms with Crippen LogP contribution in [0.3, 0.4) is 0 Å². The van der Waals surface area contributed by atoms with Crippen LogP contribution in [0.2, 0.25) is 0 Å². The highest BCUT2D eigenvalue weighted by molar-refractivity contribution is 7.91. The summed E-state index contributed by atoms with van der Waals surface area (Å²) in [5.74, 6) is 1.15. The van der Waals surface area contributed by atoms with Crippen LogP contribution in [0.1, 0.15) is 6.42 Å². The molecule has 1 aliphatic rings. The zero-order valence-electron chi connectivity index (χ0n) is 7.72. The monoisotopic (exact) mass is 212 g/mol. The first-order chi connectivity index (χ1) is 6.66. The zero-order valence-corrected chi connectivity index (χ0v) is 8.53. The Morgan fingerprint density at radius 2 is 1.93 bits per heavy atom. The highest BCUT2D eigenvalue weighted by Gasteiger charge is 2.29. The van der Waals surface area contributed by atoms with Crippen LogP contribution in [0.25, 0.3) is 0 Å². The van der Waals surface area contributed by atoms with Crippen LogP contribution >= 0.6 is 0 Å². The lowest BCUT2D eigenvalue weighted by molar-refractivity contribution is 0.229. The number of sulfone groups is 1. The summed E-state index contributed by atoms with van der Waals surface area (Å²) in [6.07, 6.45) is 0.444. The van der Waals surface area contributed by atoms with Gasteiger partial charge in [-0.25, -0.2) is 8.42 Å². The topological polar surface area (TPSA) is 43.4 Å². The summed E-state index contributed by atoms with van der Waals surface area (Å²) >= 11 is 0. The first-order valence-electron chi connectivity index (χ1n) is 4.58. The maximum absolute atomic E-state index is 11.2. The fourth-order valence-corrected chi connectivity index (χ4v) is 3.14. The molecule has 0 aromatic heterocycles. The minimum atomic E-state index is -2.84. The van der Waals surface area contributed by atoms with Gasteiger partial charge in [-0.2, -0.15) is 0 Å². The highest BCUT2D eigenvalue weighted by atomic mass is 32.2. The molecule has 0 spiro atoms. The van der Waals surface area contributed by atoms with Crippen molar-refractivity contribution in [3.05, 3.63) is 30.3 Å². The molecule has 14 heavy (non-hydrogen) atoms. The quantitative estimate of drug-likeness (QED) is 0.741. The fraction of sp³-hybridized carbons (Fsp3) is 0.400. The molecule has 3 nitrogen and oxygen atoms in total. The van der Waals surface area contributed by atoms with E-state index < -0.39 is 9.84 Å². The van der Waals surface area contributed by atoms with Crippen molar-refractivity contribution in [3.63, 3.8) is 0 Å². The molecule has 1 fully saturated rings. The minimum absolute atomic E-state index is 0.155. The van der Waals surface area contributed by atoms with Gasteiger partial charge >= 0.3 is 0 Å². The molecule has 1 atom stereocenters. The van der Waals surface area contributed by atoms with Crippen LogP contribution in [0.15, 0.2) is 30.3 Å². The molecule has 1 saturated heterocycles. The van der Waals surface area contributed by atoms with Gasteiger partial charge in [-0.05, 0) is 18.6 Å².